The van der Waals surface area contributed by atoms with Crippen LogP contribution in [0, 0.1) is 23.7 Å². The van der Waals surface area contributed by atoms with Gasteiger partial charge in [0.05, 0.1) is 0 Å². The number of thiophene rings is 1. The Morgan fingerprint density at radius 2 is 1.65 bits per heavy atom. The summed E-state index contributed by atoms with van der Waals surface area (Å²) in [6.07, 6.45) is 2.52. The van der Waals surface area contributed by atoms with Crippen molar-refractivity contribution in [2.75, 3.05) is 0 Å². The second-order valence-corrected chi connectivity index (χ2v) is 9.55. The lowest BCUT2D eigenvalue weighted by Crippen LogP contribution is -2.23. The van der Waals surface area contributed by atoms with Crippen molar-refractivity contribution in [3.8, 4) is 0 Å². The van der Waals surface area contributed by atoms with Gasteiger partial charge in [0.1, 0.15) is 0 Å². The standard InChI is InChI=1S/C19H32S/c1-13(18(4,5)6)12-16(15(3)19(7,8)9)17-11-10-14(2)20-17/h10-12,15-16H,1-9H3/b13-12+/t15-,16+/m1/s1. The van der Waals surface area contributed by atoms with Crippen LogP contribution in [0.3, 0.4) is 0 Å². The molecule has 0 saturated heterocycles. The van der Waals surface area contributed by atoms with Gasteiger partial charge in [-0.15, -0.1) is 11.3 Å². The second-order valence-electron chi connectivity index (χ2n) is 8.23. The number of allylic oxidation sites excluding steroid dienone is 2. The molecule has 0 aliphatic rings. The molecule has 0 bridgehead atoms. The van der Waals surface area contributed by atoms with Gasteiger partial charge >= 0.3 is 0 Å². The van der Waals surface area contributed by atoms with Crippen LogP contribution in [0.2, 0.25) is 0 Å². The van der Waals surface area contributed by atoms with Gasteiger partial charge in [-0.05, 0) is 42.7 Å². The summed E-state index contributed by atoms with van der Waals surface area (Å²) in [5, 5.41) is 0. The van der Waals surface area contributed by atoms with Crippen molar-refractivity contribution in [1.29, 1.82) is 0 Å². The quantitative estimate of drug-likeness (QED) is 0.536. The van der Waals surface area contributed by atoms with Gasteiger partial charge in [-0.2, -0.15) is 0 Å². The van der Waals surface area contributed by atoms with E-state index < -0.39 is 0 Å². The first-order valence-electron chi connectivity index (χ1n) is 7.68. The molecule has 0 aromatic carbocycles. The zero-order valence-electron chi connectivity index (χ0n) is 14.8. The Labute approximate surface area is 130 Å². The Morgan fingerprint density at radius 3 is 2.00 bits per heavy atom. The second kappa shape index (κ2) is 6.05. The maximum Gasteiger partial charge on any atom is 0.0146 e. The number of hydrogen-bond donors (Lipinski definition) is 0. The molecular weight excluding hydrogens is 260 g/mol. The minimum atomic E-state index is 0.252. The molecule has 0 aliphatic carbocycles. The lowest BCUT2D eigenvalue weighted by Gasteiger charge is -2.34. The first kappa shape index (κ1) is 17.5. The lowest BCUT2D eigenvalue weighted by molar-refractivity contribution is 0.241. The molecule has 1 heterocycles. The molecule has 1 rings (SSSR count). The van der Waals surface area contributed by atoms with Crippen LogP contribution in [0.1, 0.15) is 71.1 Å². The third kappa shape index (κ3) is 4.48. The maximum absolute atomic E-state index is 2.52. The molecular formula is C19H32S. The molecule has 0 fully saturated rings. The van der Waals surface area contributed by atoms with E-state index in [4.69, 9.17) is 0 Å². The van der Waals surface area contributed by atoms with E-state index in [1.807, 2.05) is 11.3 Å². The van der Waals surface area contributed by atoms with Crippen LogP contribution in [0.5, 0.6) is 0 Å². The highest BCUT2D eigenvalue weighted by Crippen LogP contribution is 2.42. The summed E-state index contributed by atoms with van der Waals surface area (Å²) >= 11 is 1.95. The monoisotopic (exact) mass is 292 g/mol. The normalized spacial score (nSPS) is 17.1. The third-order valence-electron chi connectivity index (χ3n) is 4.61. The van der Waals surface area contributed by atoms with Crippen molar-refractivity contribution >= 4 is 11.3 Å². The number of rotatable bonds is 3. The highest BCUT2D eigenvalue weighted by Gasteiger charge is 2.30. The molecule has 2 atom stereocenters. The van der Waals surface area contributed by atoms with Crippen molar-refractivity contribution in [1.82, 2.24) is 0 Å². The summed E-state index contributed by atoms with van der Waals surface area (Å²) in [5.74, 6) is 1.14. The van der Waals surface area contributed by atoms with Gasteiger partial charge < -0.3 is 0 Å². The molecule has 0 amide bonds. The average molecular weight is 293 g/mol. The molecule has 0 nitrogen and oxygen atoms in total. The van der Waals surface area contributed by atoms with Crippen LogP contribution in [-0.2, 0) is 0 Å². The van der Waals surface area contributed by atoms with Crippen molar-refractivity contribution in [2.24, 2.45) is 16.7 Å². The Bertz CT molecular complexity index is 463. The summed E-state index contributed by atoms with van der Waals surface area (Å²) in [7, 11) is 0. The average Bonchev–Trinajstić information content (AvgIpc) is 2.68. The Kier molecular flexibility index (Phi) is 5.29. The Balaban J connectivity index is 3.22. The number of aryl methyl sites for hydroxylation is 1. The molecule has 20 heavy (non-hydrogen) atoms. The first-order valence-corrected chi connectivity index (χ1v) is 8.50. The lowest BCUT2D eigenvalue weighted by atomic mass is 9.72. The fourth-order valence-electron chi connectivity index (χ4n) is 2.16. The molecule has 1 aromatic rings. The predicted molar refractivity (Wildman–Crippen MR) is 93.6 cm³/mol. The van der Waals surface area contributed by atoms with Gasteiger partial charge in [-0.1, -0.05) is 60.1 Å². The van der Waals surface area contributed by atoms with Gasteiger partial charge in [0.25, 0.3) is 0 Å². The van der Waals surface area contributed by atoms with Crippen molar-refractivity contribution < 1.29 is 0 Å². The van der Waals surface area contributed by atoms with Crippen LogP contribution >= 0.6 is 11.3 Å². The van der Waals surface area contributed by atoms with Crippen molar-refractivity contribution in [3.63, 3.8) is 0 Å². The highest BCUT2D eigenvalue weighted by molar-refractivity contribution is 7.12. The summed E-state index contributed by atoms with van der Waals surface area (Å²) in [4.78, 5) is 2.92. The van der Waals surface area contributed by atoms with Crippen molar-refractivity contribution in [2.45, 2.75) is 68.2 Å². The minimum Gasteiger partial charge on any atom is -0.145 e. The summed E-state index contributed by atoms with van der Waals surface area (Å²) in [5.41, 5.74) is 2.06. The zero-order chi connectivity index (χ0) is 15.7. The SMILES string of the molecule is C/C(=C\[C@H](c1ccc(C)s1)[C@@H](C)C(C)(C)C)C(C)(C)C. The Hall–Kier alpha value is -0.560. The van der Waals surface area contributed by atoms with Crippen LogP contribution < -0.4 is 0 Å². The fourth-order valence-corrected chi connectivity index (χ4v) is 3.22. The van der Waals surface area contributed by atoms with E-state index in [0.717, 1.165) is 0 Å². The zero-order valence-corrected chi connectivity index (χ0v) is 15.6. The molecule has 0 spiro atoms. The Morgan fingerprint density at radius 1 is 1.10 bits per heavy atom. The van der Waals surface area contributed by atoms with Gasteiger partial charge in [0.2, 0.25) is 0 Å². The van der Waals surface area contributed by atoms with E-state index in [-0.39, 0.29) is 5.41 Å². The van der Waals surface area contributed by atoms with E-state index in [1.54, 1.807) is 0 Å². The molecule has 0 radical (unpaired) electrons. The molecule has 114 valence electrons. The predicted octanol–water partition coefficient (Wildman–Crippen LogP) is 6.81. The molecule has 0 N–H and O–H groups in total. The van der Waals surface area contributed by atoms with Crippen LogP contribution in [0.15, 0.2) is 23.8 Å². The smallest absolute Gasteiger partial charge is 0.0146 e. The maximum atomic E-state index is 2.52. The van der Waals surface area contributed by atoms with E-state index in [1.165, 1.54) is 15.3 Å². The van der Waals surface area contributed by atoms with Gasteiger partial charge in [-0.25, -0.2) is 0 Å². The summed E-state index contributed by atoms with van der Waals surface area (Å²) in [6, 6.07) is 4.57. The first-order chi connectivity index (χ1) is 8.93. The minimum absolute atomic E-state index is 0.252. The number of hydrogen-bond acceptors (Lipinski definition) is 1. The topological polar surface area (TPSA) is 0 Å². The van der Waals surface area contributed by atoms with Gasteiger partial charge in [0, 0.05) is 15.7 Å². The molecule has 0 saturated carbocycles. The van der Waals surface area contributed by atoms with Crippen LogP contribution in [-0.4, -0.2) is 0 Å². The van der Waals surface area contributed by atoms with E-state index in [9.17, 15) is 0 Å². The molecule has 1 heteroatoms. The molecule has 0 unspecified atom stereocenters. The summed E-state index contributed by atoms with van der Waals surface area (Å²) in [6.45, 7) is 20.8. The largest absolute Gasteiger partial charge is 0.145 e. The third-order valence-corrected chi connectivity index (χ3v) is 5.71. The summed E-state index contributed by atoms with van der Waals surface area (Å²) < 4.78 is 0. The molecule has 1 aromatic heterocycles. The van der Waals surface area contributed by atoms with Crippen molar-refractivity contribution in [3.05, 3.63) is 33.5 Å². The van der Waals surface area contributed by atoms with E-state index in [0.29, 0.717) is 17.3 Å². The van der Waals surface area contributed by atoms with Crippen LogP contribution in [0.25, 0.3) is 0 Å². The van der Waals surface area contributed by atoms with Crippen LogP contribution in [0.4, 0.5) is 0 Å². The van der Waals surface area contributed by atoms with Gasteiger partial charge in [-0.3, -0.25) is 0 Å². The highest BCUT2D eigenvalue weighted by atomic mass is 32.1. The van der Waals surface area contributed by atoms with Gasteiger partial charge in [0.15, 0.2) is 0 Å². The van der Waals surface area contributed by atoms with E-state index in [2.05, 4.69) is 80.5 Å². The molecule has 0 aliphatic heterocycles. The fraction of sp³-hybridized carbons (Fsp3) is 0.684. The van der Waals surface area contributed by atoms with E-state index >= 15 is 0 Å².